The van der Waals surface area contributed by atoms with Crippen LogP contribution in [0.2, 0.25) is 0 Å². The first kappa shape index (κ1) is 113. The third-order valence-corrected chi connectivity index (χ3v) is 18.8. The van der Waals surface area contributed by atoms with Gasteiger partial charge in [-0.1, -0.05) is 50.6 Å². The summed E-state index contributed by atoms with van der Waals surface area (Å²) in [5.74, 6) is -28.9. The van der Waals surface area contributed by atoms with Crippen LogP contribution in [0, 0.1) is 11.3 Å². The molecule has 17 amide bonds. The normalized spacial score (nSPS) is 15.5. The lowest BCUT2D eigenvalue weighted by atomic mass is 9.97. The number of aliphatic hydroxyl groups is 7. The molecule has 0 spiro atoms. The van der Waals surface area contributed by atoms with Crippen LogP contribution in [0.5, 0.6) is 0 Å². The maximum atomic E-state index is 14.3. The molecule has 0 aliphatic rings. The smallest absolute Gasteiger partial charge is 0.326 e. The van der Waals surface area contributed by atoms with Crippen LogP contribution in [-0.4, -0.2) is 348 Å². The number of hydrogen-bond donors (Lipinski definition) is 33. The quantitative estimate of drug-likeness (QED) is 0.0164. The van der Waals surface area contributed by atoms with Gasteiger partial charge in [-0.2, -0.15) is 0 Å². The zero-order valence-electron chi connectivity index (χ0n) is 70.7. The lowest BCUT2D eigenvalue weighted by Gasteiger charge is -2.29. The fraction of sp³-hybridized carbons (Fsp3) is 0.622. The Labute approximate surface area is 731 Å². The molecule has 0 saturated carbocycles. The van der Waals surface area contributed by atoms with E-state index in [4.69, 9.17) is 28.3 Å². The number of nitrogens with one attached hydrogen (secondary N) is 18. The number of carbonyl (C=O) groups excluding carboxylic acids is 17. The van der Waals surface area contributed by atoms with Crippen molar-refractivity contribution < 1.29 is 157 Å². The number of unbranched alkanes of at least 4 members (excludes halogenated alkanes) is 1. The van der Waals surface area contributed by atoms with Crippen molar-refractivity contribution in [2.45, 2.75) is 233 Å². The van der Waals surface area contributed by atoms with Crippen molar-refractivity contribution in [3.05, 3.63) is 35.9 Å². The molecule has 54 nitrogen and oxygen atoms in total. The third kappa shape index (κ3) is 42.8. The molecular formula is C74H120N22O32. The summed E-state index contributed by atoms with van der Waals surface area (Å²) < 4.78 is 0. The van der Waals surface area contributed by atoms with Crippen LogP contribution in [0.1, 0.15) is 124 Å². The van der Waals surface area contributed by atoms with E-state index in [1.54, 1.807) is 37.3 Å². The van der Waals surface area contributed by atoms with Gasteiger partial charge in [-0.3, -0.25) is 101 Å². The highest BCUT2D eigenvalue weighted by atomic mass is 16.4. The second-order valence-electron chi connectivity index (χ2n) is 29.3. The molecule has 19 atom stereocenters. The van der Waals surface area contributed by atoms with Crippen LogP contribution in [-0.2, 0) is 107 Å². The standard InChI is InChI=1S/C74H120N22O32/c1-6-33(2)55(69(123)89-44(25-37-13-8-7-9-14-37)65(119)95-58(36(5)103)72(126)90-45(26-49(77)104)66(120)96-57(35(4)102)71(125)88-43(73(127)128)15-10-11-23-75)93-51(106)28-82-61(115)46(30-98)91-62(116)40(17-20-52(107)108)86-67(121)47(31-99)83-50(105)27-81-60(114)39(16-12-24-80-74(78)79)85-68(122)48(32-100)92-63(117)41(18-21-53(109)110)87-70(124)56(34(3)101)94-64(118)42(19-22-54(111)112)84-59(113)38(76)29-97/h7-9,13-14,33-36,38-48,55-58,97-103H,6,10-12,15-32,75-76H2,1-5H3,(H2,77,104)(H,81,114)(H,82,115)(H,83,105)(H,84,113)(H,85,122)(H,86,121)(H,87,124)(H,88,125)(H,89,123)(H,90,126)(H,91,116)(H,92,117)(H,93,106)(H,94,118)(H,95,119)(H,96,120)(H,107,108)(H,109,110)(H,111,112)(H,127,128)(H4,78,79,80)/t33-,34+,35+,36+,38-,39-,40-,41-,42-,43-,44-,45-,46-,47-,48-,55-,56-,57-,58-/m0/s1. The Kier molecular flexibility index (Phi) is 52.1. The Morgan fingerprint density at radius 2 is 0.703 bits per heavy atom. The summed E-state index contributed by atoms with van der Waals surface area (Å²) in [4.78, 5) is 277. The van der Waals surface area contributed by atoms with Crippen LogP contribution >= 0.6 is 0 Å². The van der Waals surface area contributed by atoms with Gasteiger partial charge < -0.3 is 169 Å². The number of primary amides is 1. The van der Waals surface area contributed by atoms with E-state index in [1.165, 1.54) is 6.92 Å². The first-order chi connectivity index (χ1) is 60.1. The predicted octanol–water partition coefficient (Wildman–Crippen LogP) is -15.3. The van der Waals surface area contributed by atoms with Crippen molar-refractivity contribution >= 4 is 130 Å². The number of hydrogen-bond acceptors (Lipinski definition) is 31. The summed E-state index contributed by atoms with van der Waals surface area (Å²) in [6.07, 6.45) is -11.2. The van der Waals surface area contributed by atoms with E-state index in [0.717, 1.165) is 20.8 Å². The van der Waals surface area contributed by atoms with Crippen LogP contribution < -0.4 is 113 Å². The minimum Gasteiger partial charge on any atom is -0.481 e. The van der Waals surface area contributed by atoms with Gasteiger partial charge in [0.1, 0.15) is 90.6 Å². The van der Waals surface area contributed by atoms with Crippen LogP contribution in [0.25, 0.3) is 0 Å². The number of amides is 17. The maximum Gasteiger partial charge on any atom is 0.326 e. The number of carboxylic acids is 4. The number of carboxylic acid groups (broad SMARTS) is 4. The second-order valence-corrected chi connectivity index (χ2v) is 29.3. The number of aliphatic hydroxyl groups excluding tert-OH is 7. The molecular weight excluding hydrogens is 1710 g/mol. The minimum absolute atomic E-state index is 0.0939. The van der Waals surface area contributed by atoms with E-state index >= 15 is 0 Å². The summed E-state index contributed by atoms with van der Waals surface area (Å²) in [6.45, 7) is -0.638. The van der Waals surface area contributed by atoms with Crippen molar-refractivity contribution in [2.75, 3.05) is 52.6 Å². The number of rotatable bonds is 63. The lowest BCUT2D eigenvalue weighted by molar-refractivity contribution is -0.143. The topological polar surface area (TPSA) is 913 Å². The Morgan fingerprint density at radius 1 is 0.367 bits per heavy atom. The number of benzene rings is 1. The zero-order chi connectivity index (χ0) is 97.4. The van der Waals surface area contributed by atoms with E-state index in [2.05, 4.69) is 79.8 Å². The highest BCUT2D eigenvalue weighted by molar-refractivity contribution is 6.02. The Morgan fingerprint density at radius 3 is 1.10 bits per heavy atom. The van der Waals surface area contributed by atoms with Crippen molar-refractivity contribution in [3.8, 4) is 0 Å². The molecule has 0 radical (unpaired) electrons. The molecule has 0 saturated heterocycles. The molecule has 1 aromatic rings. The summed E-state index contributed by atoms with van der Waals surface area (Å²) in [6, 6.07) is -20.0. The molecule has 1 rings (SSSR count). The second kappa shape index (κ2) is 59.1. The van der Waals surface area contributed by atoms with Gasteiger partial charge >= 0.3 is 23.9 Å². The van der Waals surface area contributed by atoms with Gasteiger partial charge in [0.2, 0.25) is 100 Å². The predicted molar refractivity (Wildman–Crippen MR) is 438 cm³/mol. The van der Waals surface area contributed by atoms with Gasteiger partial charge in [0, 0.05) is 32.2 Å². The zero-order valence-corrected chi connectivity index (χ0v) is 70.7. The third-order valence-electron chi connectivity index (χ3n) is 18.8. The fourth-order valence-corrected chi connectivity index (χ4v) is 11.4. The summed E-state index contributed by atoms with van der Waals surface area (Å²) in [5.41, 5.74) is 22.1. The molecule has 718 valence electrons. The molecule has 0 bridgehead atoms. The molecule has 0 unspecified atom stereocenters. The van der Waals surface area contributed by atoms with E-state index in [0.29, 0.717) is 12.0 Å². The van der Waals surface area contributed by atoms with Gasteiger partial charge in [0.25, 0.3) is 0 Å². The molecule has 0 fully saturated rings. The molecule has 0 heterocycles. The first-order valence-corrected chi connectivity index (χ1v) is 40.1. The molecule has 37 N–H and O–H groups in total. The summed E-state index contributed by atoms with van der Waals surface area (Å²) in [5, 5.41) is 155. The summed E-state index contributed by atoms with van der Waals surface area (Å²) in [7, 11) is 0. The monoisotopic (exact) mass is 1830 g/mol. The number of guanidine groups is 1. The number of nitrogens with two attached hydrogens (primary N) is 4. The van der Waals surface area contributed by atoms with Gasteiger partial charge in [0.05, 0.1) is 64.2 Å². The highest BCUT2D eigenvalue weighted by Gasteiger charge is 2.41. The SMILES string of the molecule is CC[C@H](C)[C@H](NC(=O)CNC(=O)[C@H](CO)NC(=O)[C@H](CCC(=O)O)NC(=O)[C@H](CO)NC(=O)CNC(=O)[C@H](CCCNC(=N)N)NC(=O)[C@H](CO)NC(=O)[C@H](CCC(=O)O)NC(=O)[C@@H](NC(=O)[C@H](CCC(=O)O)NC(=O)[C@@H](N)CO)[C@@H](C)O)C(=O)N[C@@H](Cc1ccccc1)C(=O)N[C@H](C(=O)N[C@@H](CC(N)=O)C(=O)N[C@H](C(=O)N[C@@H](CCCCN)C(=O)O)[C@@H](C)O)[C@@H](C)O. The Hall–Kier alpha value is -13.0. The minimum atomic E-state index is -2.07. The molecule has 54 heteroatoms. The van der Waals surface area contributed by atoms with E-state index in [9.17, 15) is 157 Å². The first-order valence-electron chi connectivity index (χ1n) is 40.1. The van der Waals surface area contributed by atoms with Crippen LogP contribution in [0.4, 0.5) is 0 Å². The van der Waals surface area contributed by atoms with E-state index in [-0.39, 0.29) is 45.2 Å². The largest absolute Gasteiger partial charge is 0.481 e. The van der Waals surface area contributed by atoms with Crippen LogP contribution in [0.3, 0.4) is 0 Å². The van der Waals surface area contributed by atoms with Crippen molar-refractivity contribution in [3.63, 3.8) is 0 Å². The van der Waals surface area contributed by atoms with Gasteiger partial charge in [-0.25, -0.2) is 4.79 Å². The summed E-state index contributed by atoms with van der Waals surface area (Å²) >= 11 is 0. The van der Waals surface area contributed by atoms with Crippen molar-refractivity contribution in [2.24, 2.45) is 28.9 Å². The average Bonchev–Trinajstić information content (AvgIpc) is 0.840. The molecule has 128 heavy (non-hydrogen) atoms. The molecule has 1 aromatic carbocycles. The lowest BCUT2D eigenvalue weighted by Crippen LogP contribution is -2.63. The average molecular weight is 1830 g/mol. The Bertz CT molecular complexity index is 3980. The number of aliphatic carboxylic acids is 4. The fourth-order valence-electron chi connectivity index (χ4n) is 11.4. The molecule has 0 aliphatic carbocycles. The van der Waals surface area contributed by atoms with Crippen molar-refractivity contribution in [1.82, 2.24) is 90.4 Å². The molecule has 0 aliphatic heterocycles. The van der Waals surface area contributed by atoms with E-state index in [1.807, 2.05) is 10.6 Å². The highest BCUT2D eigenvalue weighted by Crippen LogP contribution is 2.14. The molecule has 0 aromatic heterocycles. The maximum absolute atomic E-state index is 14.3. The van der Waals surface area contributed by atoms with E-state index < -0.39 is 336 Å². The number of carbonyl (C=O) groups is 21. The van der Waals surface area contributed by atoms with Gasteiger partial charge in [-0.05, 0) is 90.2 Å². The van der Waals surface area contributed by atoms with Crippen molar-refractivity contribution in [1.29, 1.82) is 5.41 Å². The van der Waals surface area contributed by atoms with Crippen LogP contribution in [0.15, 0.2) is 30.3 Å². The Balaban J connectivity index is 3.41. The van der Waals surface area contributed by atoms with Gasteiger partial charge in [0.15, 0.2) is 5.96 Å². The van der Waals surface area contributed by atoms with Gasteiger partial charge in [-0.15, -0.1) is 0 Å².